The van der Waals surface area contributed by atoms with Gasteiger partial charge in [-0.15, -0.1) is 0 Å². The molecule has 1 aliphatic carbocycles. The van der Waals surface area contributed by atoms with Crippen LogP contribution in [-0.4, -0.2) is 4.57 Å². The number of allylic oxidation sites excluding steroid dienone is 3. The molecule has 1 aliphatic rings. The van der Waals surface area contributed by atoms with E-state index in [0.29, 0.717) is 0 Å². The van der Waals surface area contributed by atoms with Crippen molar-refractivity contribution in [1.82, 2.24) is 4.57 Å². The highest BCUT2D eigenvalue weighted by Crippen LogP contribution is 2.35. The Bertz CT molecular complexity index is 2120. The lowest BCUT2D eigenvalue weighted by molar-refractivity contribution is 1.18. The minimum Gasteiger partial charge on any atom is -0.309 e. The highest BCUT2D eigenvalue weighted by atomic mass is 15.0. The minimum absolute atomic E-state index is 0.981. The SMILES string of the molecule is C=C/C(C)=c1/cccc/c1=C/C.C=C1Cc2ccc(C)cc2C1=C.Cc1ccc2c3ccccc3n(-c3ccccc3)c2c1. The van der Waals surface area contributed by atoms with Gasteiger partial charge in [0.25, 0.3) is 0 Å². The molecule has 0 atom stereocenters. The monoisotopic (exact) mass is 571 g/mol. The Balaban J connectivity index is 0.000000139. The van der Waals surface area contributed by atoms with Crippen molar-refractivity contribution in [3.05, 3.63) is 179 Å². The number of hydrogen-bond acceptors (Lipinski definition) is 0. The van der Waals surface area contributed by atoms with Crippen LogP contribution in [0.5, 0.6) is 0 Å². The molecule has 1 aromatic heterocycles. The molecule has 0 N–H and O–H groups in total. The van der Waals surface area contributed by atoms with Gasteiger partial charge in [0.15, 0.2) is 0 Å². The van der Waals surface area contributed by atoms with Crippen LogP contribution in [0.3, 0.4) is 0 Å². The molecule has 0 radical (unpaired) electrons. The summed E-state index contributed by atoms with van der Waals surface area (Å²) in [6.07, 6.45) is 4.99. The van der Waals surface area contributed by atoms with Gasteiger partial charge in [-0.1, -0.05) is 128 Å². The van der Waals surface area contributed by atoms with Gasteiger partial charge in [0.1, 0.15) is 0 Å². The fourth-order valence-corrected chi connectivity index (χ4v) is 5.81. The summed E-state index contributed by atoms with van der Waals surface area (Å²) in [5, 5.41) is 5.17. The Kier molecular flexibility index (Phi) is 9.26. The van der Waals surface area contributed by atoms with Crippen LogP contribution in [0.25, 0.3) is 44.7 Å². The van der Waals surface area contributed by atoms with Crippen LogP contribution in [0.4, 0.5) is 0 Å². The Hall–Kier alpha value is -5.14. The summed E-state index contributed by atoms with van der Waals surface area (Å²) in [5.41, 5.74) is 12.5. The number of fused-ring (bicyclic) bond motifs is 4. The summed E-state index contributed by atoms with van der Waals surface area (Å²) >= 11 is 0. The fraction of sp³-hybridized carbons (Fsp3) is 0.116. The van der Waals surface area contributed by atoms with E-state index in [1.54, 1.807) is 0 Å². The minimum atomic E-state index is 0.981. The van der Waals surface area contributed by atoms with Gasteiger partial charge in [-0.05, 0) is 102 Å². The van der Waals surface area contributed by atoms with Crippen LogP contribution in [-0.2, 0) is 6.42 Å². The van der Waals surface area contributed by atoms with Crippen molar-refractivity contribution in [3.8, 4) is 5.69 Å². The predicted octanol–water partition coefficient (Wildman–Crippen LogP) is 10.1. The highest BCUT2D eigenvalue weighted by Gasteiger charge is 2.17. The van der Waals surface area contributed by atoms with Gasteiger partial charge in [0.2, 0.25) is 0 Å². The van der Waals surface area contributed by atoms with Crippen molar-refractivity contribution >= 4 is 39.0 Å². The Morgan fingerprint density at radius 2 is 1.34 bits per heavy atom. The maximum atomic E-state index is 4.02. The predicted molar refractivity (Wildman–Crippen MR) is 194 cm³/mol. The van der Waals surface area contributed by atoms with Gasteiger partial charge in [0.05, 0.1) is 11.0 Å². The second-order valence-electron chi connectivity index (χ2n) is 11.4. The zero-order chi connectivity index (χ0) is 31.2. The molecule has 6 aromatic rings. The summed E-state index contributed by atoms with van der Waals surface area (Å²) < 4.78 is 2.34. The summed E-state index contributed by atoms with van der Waals surface area (Å²) in [6, 6.07) is 40.7. The molecule has 1 nitrogen and oxygen atoms in total. The molecule has 0 spiro atoms. The Morgan fingerprint density at radius 1 is 0.705 bits per heavy atom. The summed E-state index contributed by atoms with van der Waals surface area (Å²) in [7, 11) is 0. The van der Waals surface area contributed by atoms with Gasteiger partial charge in [-0.3, -0.25) is 0 Å². The van der Waals surface area contributed by atoms with Gasteiger partial charge < -0.3 is 4.57 Å². The molecule has 0 amide bonds. The first kappa shape index (κ1) is 30.3. The van der Waals surface area contributed by atoms with E-state index in [4.69, 9.17) is 0 Å². The zero-order valence-corrected chi connectivity index (χ0v) is 26.4. The van der Waals surface area contributed by atoms with Crippen molar-refractivity contribution in [2.24, 2.45) is 0 Å². The number of para-hydroxylation sites is 2. The van der Waals surface area contributed by atoms with E-state index < -0.39 is 0 Å². The third kappa shape index (κ3) is 6.28. The normalized spacial score (nSPS) is 13.1. The first-order valence-electron chi connectivity index (χ1n) is 15.2. The molecule has 0 saturated carbocycles. The van der Waals surface area contributed by atoms with Gasteiger partial charge in [0, 0.05) is 16.5 Å². The molecule has 0 saturated heterocycles. The molecule has 1 heteroatoms. The van der Waals surface area contributed by atoms with Gasteiger partial charge in [-0.2, -0.15) is 0 Å². The average Bonchev–Trinajstić information content (AvgIpc) is 3.53. The number of aryl methyl sites for hydroxylation is 2. The maximum Gasteiger partial charge on any atom is 0.0543 e. The number of rotatable bonds is 2. The number of nitrogens with zero attached hydrogens (tertiary/aromatic N) is 1. The van der Waals surface area contributed by atoms with E-state index in [1.807, 2.05) is 6.08 Å². The summed E-state index contributed by atoms with van der Waals surface area (Å²) in [4.78, 5) is 0. The van der Waals surface area contributed by atoms with Crippen molar-refractivity contribution < 1.29 is 0 Å². The van der Waals surface area contributed by atoms with Crippen LogP contribution in [0.1, 0.15) is 36.1 Å². The molecular formula is C43H41N. The third-order valence-corrected chi connectivity index (χ3v) is 8.27. The third-order valence-electron chi connectivity index (χ3n) is 8.27. The molecule has 7 rings (SSSR count). The largest absolute Gasteiger partial charge is 0.309 e. The molecular weight excluding hydrogens is 530 g/mol. The van der Waals surface area contributed by atoms with Gasteiger partial charge >= 0.3 is 0 Å². The van der Waals surface area contributed by atoms with Gasteiger partial charge in [-0.25, -0.2) is 0 Å². The van der Waals surface area contributed by atoms with Crippen LogP contribution in [0.15, 0.2) is 147 Å². The van der Waals surface area contributed by atoms with Crippen molar-refractivity contribution in [1.29, 1.82) is 0 Å². The average molecular weight is 572 g/mol. The second kappa shape index (κ2) is 13.4. The van der Waals surface area contributed by atoms with Crippen LogP contribution < -0.4 is 10.4 Å². The molecule has 44 heavy (non-hydrogen) atoms. The standard InChI is InChI=1S/C19H15N.C12H12.C12H14/c1-14-11-12-17-16-9-5-6-10-18(16)20(19(17)13-14)15-7-3-2-4-8-15;1-8-4-5-11-7-9(2)10(3)12(11)6-8;1-4-10(3)12-9-7-6-8-11(12)5-2/h2-13H,1H3;4-6H,2-3,7H2,1H3;4-9H,1H2,2-3H3/b;;11-5-,12-10-. The topological polar surface area (TPSA) is 4.93 Å². The zero-order valence-electron chi connectivity index (χ0n) is 26.4. The van der Waals surface area contributed by atoms with E-state index >= 15 is 0 Å². The van der Waals surface area contributed by atoms with Crippen molar-refractivity contribution in [2.45, 2.75) is 34.1 Å². The molecule has 0 aliphatic heterocycles. The summed E-state index contributed by atoms with van der Waals surface area (Å²) in [6.45, 7) is 20.1. The maximum absolute atomic E-state index is 4.02. The summed E-state index contributed by atoms with van der Waals surface area (Å²) in [5.74, 6) is 0. The van der Waals surface area contributed by atoms with E-state index in [1.165, 1.54) is 65.8 Å². The van der Waals surface area contributed by atoms with Crippen LogP contribution in [0.2, 0.25) is 0 Å². The number of aromatic nitrogens is 1. The van der Waals surface area contributed by atoms with Crippen molar-refractivity contribution in [2.75, 3.05) is 0 Å². The molecule has 5 aromatic carbocycles. The van der Waals surface area contributed by atoms with Crippen molar-refractivity contribution in [3.63, 3.8) is 0 Å². The first-order chi connectivity index (χ1) is 21.3. The smallest absolute Gasteiger partial charge is 0.0543 e. The molecule has 1 heterocycles. The van der Waals surface area contributed by atoms with E-state index in [0.717, 1.165) is 17.6 Å². The van der Waals surface area contributed by atoms with Crippen LogP contribution >= 0.6 is 0 Å². The van der Waals surface area contributed by atoms with E-state index in [2.05, 4.69) is 173 Å². The number of benzene rings is 5. The fourth-order valence-electron chi connectivity index (χ4n) is 5.81. The number of hydrogen-bond donors (Lipinski definition) is 0. The van der Waals surface area contributed by atoms with E-state index in [9.17, 15) is 0 Å². The molecule has 0 fully saturated rings. The first-order valence-corrected chi connectivity index (χ1v) is 15.2. The highest BCUT2D eigenvalue weighted by molar-refractivity contribution is 6.09. The molecule has 218 valence electrons. The Morgan fingerprint density at radius 3 is 2.09 bits per heavy atom. The molecule has 0 bridgehead atoms. The second-order valence-corrected chi connectivity index (χ2v) is 11.4. The lowest BCUT2D eigenvalue weighted by Crippen LogP contribution is -2.24. The van der Waals surface area contributed by atoms with E-state index in [-0.39, 0.29) is 0 Å². The molecule has 0 unspecified atom stereocenters. The lowest BCUT2D eigenvalue weighted by atomic mass is 10.1. The quantitative estimate of drug-likeness (QED) is 0.195. The van der Waals surface area contributed by atoms with Crippen LogP contribution in [0, 0.1) is 13.8 Å². The Labute approximate surface area is 262 Å². The lowest BCUT2D eigenvalue weighted by Gasteiger charge is -2.07.